The molecule has 0 amide bonds. The molecule has 250 valence electrons. The van der Waals surface area contributed by atoms with Crippen molar-refractivity contribution in [3.05, 3.63) is 0 Å². The van der Waals surface area contributed by atoms with E-state index in [-0.39, 0.29) is 31.1 Å². The lowest BCUT2D eigenvalue weighted by Crippen LogP contribution is -2.20. The zero-order valence-electron chi connectivity index (χ0n) is 27.0. The fourth-order valence-corrected chi connectivity index (χ4v) is 3.97. The molecule has 0 aromatic rings. The smallest absolute Gasteiger partial charge is 0.308 e. The van der Waals surface area contributed by atoms with Crippen molar-refractivity contribution < 1.29 is 47.5 Å². The number of rotatable bonds is 34. The lowest BCUT2D eigenvalue weighted by molar-refractivity contribution is -0.150. The van der Waals surface area contributed by atoms with Crippen molar-refractivity contribution in [3.8, 4) is 0 Å². The highest BCUT2D eigenvalue weighted by Crippen LogP contribution is 2.14. The molecule has 0 aliphatic heterocycles. The van der Waals surface area contributed by atoms with Crippen LogP contribution in [0.1, 0.15) is 97.8 Å². The van der Waals surface area contributed by atoms with Gasteiger partial charge < -0.3 is 37.9 Å². The average molecular weight is 607 g/mol. The highest BCUT2D eigenvalue weighted by Gasteiger charge is 2.16. The zero-order chi connectivity index (χ0) is 30.8. The molecule has 0 rings (SSSR count). The first kappa shape index (κ1) is 40.7. The highest BCUT2D eigenvalue weighted by molar-refractivity contribution is 5.72. The minimum atomic E-state index is -0.141. The first-order chi connectivity index (χ1) is 20.7. The molecule has 0 spiro atoms. The molecular formula is C32H62O10. The van der Waals surface area contributed by atoms with Crippen LogP contribution in [0, 0.1) is 5.92 Å². The Morgan fingerprint density at radius 3 is 1.26 bits per heavy atom. The molecule has 10 nitrogen and oxygen atoms in total. The Labute approximate surface area is 255 Å². The molecule has 0 saturated carbocycles. The summed E-state index contributed by atoms with van der Waals surface area (Å²) in [7, 11) is 0. The minimum absolute atomic E-state index is 0.00214. The van der Waals surface area contributed by atoms with Crippen molar-refractivity contribution in [3.63, 3.8) is 0 Å². The van der Waals surface area contributed by atoms with Crippen molar-refractivity contribution in [2.24, 2.45) is 5.92 Å². The second-order valence-corrected chi connectivity index (χ2v) is 10.2. The number of carbonyl (C=O) groups is 2. The molecule has 0 bridgehead atoms. The summed E-state index contributed by atoms with van der Waals surface area (Å²) in [5, 5.41) is 0. The summed E-state index contributed by atoms with van der Waals surface area (Å²) in [4.78, 5) is 23.7. The predicted octanol–water partition coefficient (Wildman–Crippen LogP) is 5.53. The predicted molar refractivity (Wildman–Crippen MR) is 163 cm³/mol. The summed E-state index contributed by atoms with van der Waals surface area (Å²) in [5.41, 5.74) is 0. The van der Waals surface area contributed by atoms with Crippen LogP contribution in [0.15, 0.2) is 0 Å². The van der Waals surface area contributed by atoms with Crippen LogP contribution in [-0.4, -0.2) is 104 Å². The number of hydrogen-bond donors (Lipinski definition) is 0. The van der Waals surface area contributed by atoms with E-state index < -0.39 is 0 Å². The van der Waals surface area contributed by atoms with E-state index in [1.165, 1.54) is 32.1 Å². The molecule has 0 aliphatic rings. The molecule has 10 heteroatoms. The highest BCUT2D eigenvalue weighted by atomic mass is 16.6. The van der Waals surface area contributed by atoms with Crippen molar-refractivity contribution in [1.82, 2.24) is 0 Å². The lowest BCUT2D eigenvalue weighted by Gasteiger charge is -2.13. The van der Waals surface area contributed by atoms with Crippen LogP contribution in [-0.2, 0) is 47.5 Å². The van der Waals surface area contributed by atoms with Gasteiger partial charge in [-0.25, -0.2) is 0 Å². The van der Waals surface area contributed by atoms with E-state index in [1.54, 1.807) is 0 Å². The van der Waals surface area contributed by atoms with Gasteiger partial charge in [-0.15, -0.1) is 0 Å². The Hall–Kier alpha value is -1.30. The first-order valence-corrected chi connectivity index (χ1v) is 16.4. The fraction of sp³-hybridized carbons (Fsp3) is 0.938. The quantitative estimate of drug-likeness (QED) is 0.0685. The van der Waals surface area contributed by atoms with Crippen molar-refractivity contribution in [2.45, 2.75) is 97.8 Å². The van der Waals surface area contributed by atoms with Gasteiger partial charge in [0.2, 0.25) is 0 Å². The van der Waals surface area contributed by atoms with Crippen molar-refractivity contribution >= 4 is 11.9 Å². The van der Waals surface area contributed by atoms with E-state index in [0.29, 0.717) is 85.7 Å². The maximum absolute atomic E-state index is 12.0. The standard InChI is InChI=1S/C32H62O10/c1-4-7-9-10-11-12-13-15-31(33)41-28-26-39-24-22-37-20-18-35-16-17-36-19-21-38-23-25-40-27-29-42-32(34)30(6-3)14-8-5-2/h30H,4-29H2,1-3H3. The van der Waals surface area contributed by atoms with Gasteiger partial charge in [0, 0.05) is 6.42 Å². The van der Waals surface area contributed by atoms with E-state index in [0.717, 1.165) is 38.5 Å². The molecule has 42 heavy (non-hydrogen) atoms. The van der Waals surface area contributed by atoms with E-state index in [1.807, 2.05) is 6.92 Å². The van der Waals surface area contributed by atoms with Gasteiger partial charge in [0.05, 0.1) is 85.2 Å². The van der Waals surface area contributed by atoms with Gasteiger partial charge >= 0.3 is 11.9 Å². The third-order valence-corrected chi connectivity index (χ3v) is 6.54. The van der Waals surface area contributed by atoms with Crippen LogP contribution in [0.2, 0.25) is 0 Å². The molecule has 0 saturated heterocycles. The minimum Gasteiger partial charge on any atom is -0.463 e. The van der Waals surface area contributed by atoms with Gasteiger partial charge in [0.15, 0.2) is 0 Å². The van der Waals surface area contributed by atoms with Crippen LogP contribution in [0.25, 0.3) is 0 Å². The maximum atomic E-state index is 12.0. The second kappa shape index (κ2) is 34.2. The van der Waals surface area contributed by atoms with Crippen LogP contribution >= 0.6 is 0 Å². The van der Waals surface area contributed by atoms with Crippen LogP contribution in [0.5, 0.6) is 0 Å². The lowest BCUT2D eigenvalue weighted by atomic mass is 10.00. The summed E-state index contributed by atoms with van der Waals surface area (Å²) >= 11 is 0. The second-order valence-electron chi connectivity index (χ2n) is 10.2. The average Bonchev–Trinajstić information content (AvgIpc) is 2.99. The molecular weight excluding hydrogens is 544 g/mol. The van der Waals surface area contributed by atoms with E-state index in [9.17, 15) is 9.59 Å². The summed E-state index contributed by atoms with van der Waals surface area (Å²) < 4.78 is 43.2. The molecule has 1 unspecified atom stereocenters. The fourth-order valence-electron chi connectivity index (χ4n) is 3.97. The van der Waals surface area contributed by atoms with Gasteiger partial charge in [0.1, 0.15) is 13.2 Å². The topological polar surface area (TPSA) is 108 Å². The number of ether oxygens (including phenoxy) is 8. The summed E-state index contributed by atoms with van der Waals surface area (Å²) in [5.74, 6) is -0.263. The third kappa shape index (κ3) is 30.2. The van der Waals surface area contributed by atoms with Crippen LogP contribution in [0.4, 0.5) is 0 Å². The molecule has 0 heterocycles. The Kier molecular flexibility index (Phi) is 33.1. The molecule has 0 radical (unpaired) electrons. The Morgan fingerprint density at radius 2 is 0.833 bits per heavy atom. The van der Waals surface area contributed by atoms with Crippen molar-refractivity contribution in [2.75, 3.05) is 92.5 Å². The Morgan fingerprint density at radius 1 is 0.452 bits per heavy atom. The third-order valence-electron chi connectivity index (χ3n) is 6.54. The number of unbranched alkanes of at least 4 members (excludes halogenated alkanes) is 7. The molecule has 1 atom stereocenters. The molecule has 0 aliphatic carbocycles. The van der Waals surface area contributed by atoms with Gasteiger partial charge in [-0.2, -0.15) is 0 Å². The normalized spacial score (nSPS) is 12.0. The Bertz CT molecular complexity index is 575. The Balaban J connectivity index is 3.22. The molecule has 0 aromatic carbocycles. The van der Waals surface area contributed by atoms with Crippen LogP contribution in [0.3, 0.4) is 0 Å². The van der Waals surface area contributed by atoms with Gasteiger partial charge in [-0.05, 0) is 19.3 Å². The number of esters is 2. The SMILES string of the molecule is CCCCCCCCCC(=O)OCCOCCOCCOCCOCCOCCOCCOC(=O)C(CC)CCCC. The number of carbonyl (C=O) groups excluding carboxylic acids is 2. The number of hydrogen-bond acceptors (Lipinski definition) is 10. The summed E-state index contributed by atoms with van der Waals surface area (Å²) in [6, 6.07) is 0. The van der Waals surface area contributed by atoms with Gasteiger partial charge in [-0.3, -0.25) is 9.59 Å². The molecule has 0 N–H and O–H groups in total. The van der Waals surface area contributed by atoms with Gasteiger partial charge in [-0.1, -0.05) is 72.1 Å². The largest absolute Gasteiger partial charge is 0.463 e. The van der Waals surface area contributed by atoms with Crippen molar-refractivity contribution in [1.29, 1.82) is 0 Å². The van der Waals surface area contributed by atoms with E-state index in [2.05, 4.69) is 13.8 Å². The molecule has 0 fully saturated rings. The molecule has 0 aromatic heterocycles. The zero-order valence-corrected chi connectivity index (χ0v) is 27.0. The summed E-state index contributed by atoms with van der Waals surface area (Å²) in [6.45, 7) is 12.4. The van der Waals surface area contributed by atoms with E-state index >= 15 is 0 Å². The first-order valence-electron chi connectivity index (χ1n) is 16.4. The van der Waals surface area contributed by atoms with E-state index in [4.69, 9.17) is 37.9 Å². The summed E-state index contributed by atoms with van der Waals surface area (Å²) in [6.07, 6.45) is 12.6. The van der Waals surface area contributed by atoms with Crippen LogP contribution < -0.4 is 0 Å². The maximum Gasteiger partial charge on any atom is 0.308 e. The van der Waals surface area contributed by atoms with Gasteiger partial charge in [0.25, 0.3) is 0 Å². The monoisotopic (exact) mass is 606 g/mol.